The van der Waals surface area contributed by atoms with Crippen LogP contribution in [0.4, 0.5) is 5.69 Å². The summed E-state index contributed by atoms with van der Waals surface area (Å²) in [6.07, 6.45) is 0. The molecule has 74 valence electrons. The molecule has 1 heterocycles. The molecule has 0 aromatic carbocycles. The third-order valence-electron chi connectivity index (χ3n) is 1.95. The molecule has 0 spiro atoms. The fraction of sp³-hybridized carbons (Fsp3) is 0.625. The van der Waals surface area contributed by atoms with Gasteiger partial charge in [0.25, 0.3) is 5.56 Å². The van der Waals surface area contributed by atoms with E-state index in [1.807, 2.05) is 19.0 Å². The number of nitrogen functional groups attached to an aromatic ring is 1. The molecule has 0 saturated heterocycles. The lowest BCUT2D eigenvalue weighted by Crippen LogP contribution is -2.25. The second-order valence-corrected chi connectivity index (χ2v) is 3.41. The number of H-pyrrole nitrogens is 1. The lowest BCUT2D eigenvalue weighted by atomic mass is 10.4. The summed E-state index contributed by atoms with van der Waals surface area (Å²) in [7, 11) is 3.92. The number of nitrogens with zero attached hydrogens (tertiary/aromatic N) is 2. The molecule has 0 saturated carbocycles. The van der Waals surface area contributed by atoms with Crippen molar-refractivity contribution in [1.29, 1.82) is 0 Å². The van der Waals surface area contributed by atoms with Crippen LogP contribution >= 0.6 is 0 Å². The topological polar surface area (TPSA) is 67.0 Å². The van der Waals surface area contributed by atoms with Crippen LogP contribution in [0.15, 0.2) is 4.79 Å². The van der Waals surface area contributed by atoms with E-state index in [0.717, 1.165) is 12.2 Å². The number of likely N-dealkylation sites (N-methyl/N-ethyl adjacent to an activating group) is 1. The molecule has 1 aromatic rings. The largest absolute Gasteiger partial charge is 0.393 e. The molecule has 0 radical (unpaired) electrons. The molecule has 0 atom stereocenters. The predicted octanol–water partition coefficient (Wildman–Crippen LogP) is -0.371. The highest BCUT2D eigenvalue weighted by Gasteiger charge is 2.06. The average molecular weight is 184 g/mol. The van der Waals surface area contributed by atoms with Gasteiger partial charge in [0, 0.05) is 6.54 Å². The molecule has 0 fully saturated rings. The fourth-order valence-corrected chi connectivity index (χ4v) is 1.08. The second kappa shape index (κ2) is 3.66. The highest BCUT2D eigenvalue weighted by Crippen LogP contribution is 1.98. The van der Waals surface area contributed by atoms with Crippen molar-refractivity contribution in [1.82, 2.24) is 14.7 Å². The summed E-state index contributed by atoms with van der Waals surface area (Å²) in [4.78, 5) is 13.4. The third-order valence-corrected chi connectivity index (χ3v) is 1.95. The van der Waals surface area contributed by atoms with Gasteiger partial charge in [-0.2, -0.15) is 0 Å². The molecule has 0 aliphatic carbocycles. The summed E-state index contributed by atoms with van der Waals surface area (Å²) >= 11 is 0. The Balaban J connectivity index is 2.79. The van der Waals surface area contributed by atoms with Crippen LogP contribution in [0, 0.1) is 6.92 Å². The summed E-state index contributed by atoms with van der Waals surface area (Å²) < 4.78 is 1.53. The maximum Gasteiger partial charge on any atom is 0.289 e. The first-order valence-electron chi connectivity index (χ1n) is 4.22. The Hall–Kier alpha value is -1.23. The van der Waals surface area contributed by atoms with E-state index in [9.17, 15) is 4.79 Å². The normalized spacial score (nSPS) is 11.1. The molecule has 0 bridgehead atoms. The van der Waals surface area contributed by atoms with Crippen molar-refractivity contribution in [2.24, 2.45) is 0 Å². The maximum atomic E-state index is 11.4. The number of aryl methyl sites for hydroxylation is 1. The van der Waals surface area contributed by atoms with E-state index in [1.165, 1.54) is 4.68 Å². The first kappa shape index (κ1) is 9.85. The highest BCUT2D eigenvalue weighted by atomic mass is 16.1. The minimum Gasteiger partial charge on any atom is -0.393 e. The van der Waals surface area contributed by atoms with Crippen LogP contribution in [0.2, 0.25) is 0 Å². The van der Waals surface area contributed by atoms with Crippen LogP contribution in [-0.2, 0) is 6.54 Å². The van der Waals surface area contributed by atoms with Gasteiger partial charge >= 0.3 is 0 Å². The Bertz CT molecular complexity index is 336. The van der Waals surface area contributed by atoms with Gasteiger partial charge in [0.05, 0.1) is 12.2 Å². The summed E-state index contributed by atoms with van der Waals surface area (Å²) in [5, 5.41) is 2.92. The summed E-state index contributed by atoms with van der Waals surface area (Å²) in [5.41, 5.74) is 6.46. The summed E-state index contributed by atoms with van der Waals surface area (Å²) in [5.74, 6) is 0. The van der Waals surface area contributed by atoms with Crippen molar-refractivity contribution in [3.8, 4) is 0 Å². The smallest absolute Gasteiger partial charge is 0.289 e. The van der Waals surface area contributed by atoms with Crippen molar-refractivity contribution in [3.05, 3.63) is 16.0 Å². The minimum absolute atomic E-state index is 0.126. The molecule has 5 nitrogen and oxygen atoms in total. The van der Waals surface area contributed by atoms with E-state index < -0.39 is 0 Å². The molecular formula is C8H16N4O. The van der Waals surface area contributed by atoms with Crippen molar-refractivity contribution < 1.29 is 0 Å². The molecule has 1 rings (SSSR count). The Morgan fingerprint density at radius 1 is 1.54 bits per heavy atom. The van der Waals surface area contributed by atoms with E-state index in [2.05, 4.69) is 5.10 Å². The number of aromatic nitrogens is 2. The number of hydrogen-bond donors (Lipinski definition) is 2. The van der Waals surface area contributed by atoms with Crippen molar-refractivity contribution >= 4 is 5.69 Å². The third kappa shape index (κ3) is 2.12. The van der Waals surface area contributed by atoms with Gasteiger partial charge in [0.15, 0.2) is 0 Å². The zero-order chi connectivity index (χ0) is 10.0. The molecule has 0 amide bonds. The van der Waals surface area contributed by atoms with Crippen LogP contribution in [0.3, 0.4) is 0 Å². The molecule has 1 aromatic heterocycles. The van der Waals surface area contributed by atoms with Crippen molar-refractivity contribution in [2.75, 3.05) is 26.4 Å². The lowest BCUT2D eigenvalue weighted by Gasteiger charge is -2.08. The molecule has 13 heavy (non-hydrogen) atoms. The van der Waals surface area contributed by atoms with E-state index in [4.69, 9.17) is 5.73 Å². The van der Waals surface area contributed by atoms with Gasteiger partial charge in [0.1, 0.15) is 5.69 Å². The SMILES string of the molecule is Cc1[nH]n(CCN(C)C)c(=O)c1N. The maximum absolute atomic E-state index is 11.4. The van der Waals surface area contributed by atoms with Gasteiger partial charge in [-0.25, -0.2) is 4.68 Å². The van der Waals surface area contributed by atoms with Gasteiger partial charge in [-0.3, -0.25) is 9.89 Å². The highest BCUT2D eigenvalue weighted by molar-refractivity contribution is 5.39. The summed E-state index contributed by atoms with van der Waals surface area (Å²) in [6, 6.07) is 0. The molecular weight excluding hydrogens is 168 g/mol. The first-order chi connectivity index (χ1) is 6.02. The monoisotopic (exact) mass is 184 g/mol. The number of hydrogen-bond acceptors (Lipinski definition) is 3. The van der Waals surface area contributed by atoms with Crippen molar-refractivity contribution in [3.63, 3.8) is 0 Å². The van der Waals surface area contributed by atoms with E-state index in [1.54, 1.807) is 6.92 Å². The quantitative estimate of drug-likeness (QED) is 0.673. The Morgan fingerprint density at radius 2 is 2.15 bits per heavy atom. The van der Waals surface area contributed by atoms with Gasteiger partial charge in [-0.1, -0.05) is 0 Å². The second-order valence-electron chi connectivity index (χ2n) is 3.41. The van der Waals surface area contributed by atoms with Gasteiger partial charge in [-0.15, -0.1) is 0 Å². The van der Waals surface area contributed by atoms with Crippen LogP contribution < -0.4 is 11.3 Å². The molecule has 5 heteroatoms. The predicted molar refractivity (Wildman–Crippen MR) is 52.8 cm³/mol. The molecule has 0 aliphatic heterocycles. The number of nitrogens with two attached hydrogens (primary N) is 1. The lowest BCUT2D eigenvalue weighted by molar-refractivity contribution is 0.370. The van der Waals surface area contributed by atoms with Gasteiger partial charge < -0.3 is 10.6 Å². The number of anilines is 1. The molecule has 3 N–H and O–H groups in total. The van der Waals surface area contributed by atoms with Gasteiger partial charge in [-0.05, 0) is 21.0 Å². The van der Waals surface area contributed by atoms with E-state index >= 15 is 0 Å². The Morgan fingerprint density at radius 3 is 2.54 bits per heavy atom. The summed E-state index contributed by atoms with van der Waals surface area (Å²) in [6.45, 7) is 3.26. The first-order valence-corrected chi connectivity index (χ1v) is 4.22. The van der Waals surface area contributed by atoms with Crippen LogP contribution in [0.25, 0.3) is 0 Å². The standard InChI is InChI=1S/C8H16N4O/c1-6-7(9)8(13)12(10-6)5-4-11(2)3/h10H,4-5,9H2,1-3H3. The Labute approximate surface area is 77.1 Å². The van der Waals surface area contributed by atoms with E-state index in [0.29, 0.717) is 12.2 Å². The molecule has 0 unspecified atom stereocenters. The van der Waals surface area contributed by atoms with Crippen molar-refractivity contribution in [2.45, 2.75) is 13.5 Å². The van der Waals surface area contributed by atoms with Crippen LogP contribution in [0.1, 0.15) is 5.69 Å². The minimum atomic E-state index is -0.126. The number of aromatic amines is 1. The number of nitrogens with one attached hydrogen (secondary N) is 1. The van der Waals surface area contributed by atoms with E-state index in [-0.39, 0.29) is 5.56 Å². The Kier molecular flexibility index (Phi) is 2.77. The van der Waals surface area contributed by atoms with Crippen LogP contribution in [-0.4, -0.2) is 35.3 Å². The number of rotatable bonds is 3. The molecule has 0 aliphatic rings. The zero-order valence-electron chi connectivity index (χ0n) is 8.29. The fourth-order valence-electron chi connectivity index (χ4n) is 1.08. The zero-order valence-corrected chi connectivity index (χ0v) is 8.29. The van der Waals surface area contributed by atoms with Gasteiger partial charge in [0.2, 0.25) is 0 Å². The van der Waals surface area contributed by atoms with Crippen LogP contribution in [0.5, 0.6) is 0 Å². The average Bonchev–Trinajstić information content (AvgIpc) is 2.29.